The van der Waals surface area contributed by atoms with Crippen molar-refractivity contribution in [2.75, 3.05) is 5.32 Å². The highest BCUT2D eigenvalue weighted by molar-refractivity contribution is 7.21. The summed E-state index contributed by atoms with van der Waals surface area (Å²) < 4.78 is 6.68. The minimum Gasteiger partial charge on any atom is -0.464 e. The van der Waals surface area contributed by atoms with Crippen LogP contribution in [0.5, 0.6) is 0 Å². The summed E-state index contributed by atoms with van der Waals surface area (Å²) in [6.07, 6.45) is 1.82. The number of anilines is 1. The molecule has 5 rings (SSSR count). The number of nitrogens with zero attached hydrogens (tertiary/aromatic N) is 1. The van der Waals surface area contributed by atoms with E-state index in [9.17, 15) is 4.79 Å². The third kappa shape index (κ3) is 3.70. The van der Waals surface area contributed by atoms with Gasteiger partial charge in [0.05, 0.1) is 22.9 Å². The van der Waals surface area contributed by atoms with Gasteiger partial charge >= 0.3 is 0 Å². The predicted molar refractivity (Wildman–Crippen MR) is 123 cm³/mol. The van der Waals surface area contributed by atoms with Crippen LogP contribution in [0.1, 0.15) is 11.1 Å². The van der Waals surface area contributed by atoms with Gasteiger partial charge < -0.3 is 9.73 Å². The van der Waals surface area contributed by atoms with Crippen LogP contribution < -0.4 is 5.32 Å². The quantitative estimate of drug-likeness (QED) is 0.337. The number of benzene rings is 3. The smallest absolute Gasteiger partial charge is 0.228 e. The lowest BCUT2D eigenvalue weighted by molar-refractivity contribution is -0.115. The summed E-state index contributed by atoms with van der Waals surface area (Å²) in [5.74, 6) is -0.110. The second kappa shape index (κ2) is 7.59. The van der Waals surface area contributed by atoms with E-state index in [1.807, 2.05) is 36.4 Å². The molecule has 4 nitrogen and oxygen atoms in total. The molecule has 3 aromatic carbocycles. The molecule has 30 heavy (non-hydrogen) atoms. The predicted octanol–water partition coefficient (Wildman–Crippen LogP) is 6.85. The second-order valence-corrected chi connectivity index (χ2v) is 8.66. The fourth-order valence-electron chi connectivity index (χ4n) is 3.42. The molecule has 0 saturated carbocycles. The van der Waals surface area contributed by atoms with Crippen molar-refractivity contribution in [2.24, 2.45) is 0 Å². The van der Waals surface area contributed by atoms with Crippen molar-refractivity contribution < 1.29 is 9.21 Å². The number of hydrogen-bond acceptors (Lipinski definition) is 4. The number of thiazole rings is 1. The normalized spacial score (nSPS) is 11.3. The number of halogens is 1. The van der Waals surface area contributed by atoms with Crippen LogP contribution >= 0.6 is 22.9 Å². The van der Waals surface area contributed by atoms with Gasteiger partial charge in [0.1, 0.15) is 10.6 Å². The first kappa shape index (κ1) is 18.9. The van der Waals surface area contributed by atoms with Crippen LogP contribution in [0.25, 0.3) is 31.8 Å². The van der Waals surface area contributed by atoms with Gasteiger partial charge in [-0.2, -0.15) is 0 Å². The maximum absolute atomic E-state index is 12.5. The monoisotopic (exact) mass is 432 g/mol. The Morgan fingerprint density at radius 2 is 1.93 bits per heavy atom. The summed E-state index contributed by atoms with van der Waals surface area (Å²) in [6, 6.07) is 19.4. The van der Waals surface area contributed by atoms with Gasteiger partial charge in [0.15, 0.2) is 0 Å². The molecule has 0 saturated heterocycles. The number of nitrogens with one attached hydrogen (secondary N) is 1. The number of aryl methyl sites for hydroxylation is 1. The Balaban J connectivity index is 1.31. The minimum atomic E-state index is -0.110. The summed E-state index contributed by atoms with van der Waals surface area (Å²) in [5.41, 5.74) is 5.53. The van der Waals surface area contributed by atoms with Gasteiger partial charge in [0.25, 0.3) is 0 Å². The van der Waals surface area contributed by atoms with Gasteiger partial charge in [0.2, 0.25) is 5.91 Å². The Hall–Kier alpha value is -3.15. The maximum atomic E-state index is 12.5. The number of aromatic nitrogens is 1. The van der Waals surface area contributed by atoms with Crippen LogP contribution in [0.4, 0.5) is 5.69 Å². The van der Waals surface area contributed by atoms with E-state index in [2.05, 4.69) is 24.4 Å². The molecule has 1 N–H and O–H groups in total. The molecule has 0 bridgehead atoms. The lowest BCUT2D eigenvalue weighted by Crippen LogP contribution is -2.14. The number of rotatable bonds is 4. The average Bonchev–Trinajstić information content (AvgIpc) is 3.32. The fourth-order valence-corrected chi connectivity index (χ4v) is 4.66. The number of amides is 1. The molecule has 0 atom stereocenters. The number of furan rings is 1. The highest BCUT2D eigenvalue weighted by Gasteiger charge is 2.12. The molecule has 0 spiro atoms. The van der Waals surface area contributed by atoms with Crippen molar-refractivity contribution in [3.05, 3.63) is 83.1 Å². The number of carbonyl (C=O) groups is 1. The molecule has 2 aromatic heterocycles. The molecule has 0 radical (unpaired) electrons. The Morgan fingerprint density at radius 3 is 2.77 bits per heavy atom. The molecule has 2 heterocycles. The molecule has 0 unspecified atom stereocenters. The fraction of sp³-hybridized carbons (Fsp3) is 0.0833. The molecule has 0 aliphatic carbocycles. The zero-order valence-electron chi connectivity index (χ0n) is 16.1. The van der Waals surface area contributed by atoms with Gasteiger partial charge in [-0.15, -0.1) is 11.3 Å². The largest absolute Gasteiger partial charge is 0.464 e. The zero-order valence-corrected chi connectivity index (χ0v) is 17.7. The summed E-state index contributed by atoms with van der Waals surface area (Å²) in [7, 11) is 0. The van der Waals surface area contributed by atoms with Crippen molar-refractivity contribution in [2.45, 2.75) is 13.3 Å². The van der Waals surface area contributed by atoms with Crippen molar-refractivity contribution in [3.8, 4) is 10.6 Å². The molecule has 6 heteroatoms. The van der Waals surface area contributed by atoms with Crippen molar-refractivity contribution >= 4 is 55.7 Å². The SMILES string of the molecule is Cc1ccc2nc(-c3ccc(NC(=O)Cc4coc5ccc(Cl)cc45)cc3)sc2c1. The Morgan fingerprint density at radius 1 is 1.10 bits per heavy atom. The van der Waals surface area contributed by atoms with Crippen molar-refractivity contribution in [3.63, 3.8) is 0 Å². The Bertz CT molecular complexity index is 1390. The molecular weight excluding hydrogens is 416 g/mol. The van der Waals surface area contributed by atoms with E-state index in [0.717, 1.165) is 38.3 Å². The van der Waals surface area contributed by atoms with Gasteiger partial charge in [-0.1, -0.05) is 17.7 Å². The van der Waals surface area contributed by atoms with Crippen molar-refractivity contribution in [1.29, 1.82) is 0 Å². The molecule has 5 aromatic rings. The summed E-state index contributed by atoms with van der Waals surface area (Å²) >= 11 is 7.74. The van der Waals surface area contributed by atoms with Crippen LogP contribution in [0.3, 0.4) is 0 Å². The van der Waals surface area contributed by atoms with Crippen LogP contribution in [0, 0.1) is 6.92 Å². The molecule has 0 aliphatic rings. The third-order valence-electron chi connectivity index (χ3n) is 4.93. The number of fused-ring (bicyclic) bond motifs is 2. The number of hydrogen-bond donors (Lipinski definition) is 1. The van der Waals surface area contributed by atoms with Crippen LogP contribution in [0.15, 0.2) is 71.3 Å². The third-order valence-corrected chi connectivity index (χ3v) is 6.23. The van der Waals surface area contributed by atoms with E-state index in [-0.39, 0.29) is 12.3 Å². The van der Waals surface area contributed by atoms with E-state index in [0.29, 0.717) is 5.02 Å². The first-order chi connectivity index (χ1) is 14.5. The van der Waals surface area contributed by atoms with E-state index >= 15 is 0 Å². The van der Waals surface area contributed by atoms with Gasteiger partial charge in [0, 0.05) is 27.2 Å². The molecular formula is C24H17ClN2O2S. The van der Waals surface area contributed by atoms with Gasteiger partial charge in [-0.05, 0) is 67.1 Å². The minimum absolute atomic E-state index is 0.110. The maximum Gasteiger partial charge on any atom is 0.228 e. The van der Waals surface area contributed by atoms with Crippen LogP contribution in [0.2, 0.25) is 5.02 Å². The van der Waals surface area contributed by atoms with Crippen molar-refractivity contribution in [1.82, 2.24) is 4.98 Å². The summed E-state index contributed by atoms with van der Waals surface area (Å²) in [4.78, 5) is 17.2. The highest BCUT2D eigenvalue weighted by Crippen LogP contribution is 2.31. The Labute approximate surface area is 182 Å². The molecule has 148 valence electrons. The first-order valence-electron chi connectivity index (χ1n) is 9.48. The van der Waals surface area contributed by atoms with Gasteiger partial charge in [-0.25, -0.2) is 4.98 Å². The van der Waals surface area contributed by atoms with Gasteiger partial charge in [-0.3, -0.25) is 4.79 Å². The zero-order chi connectivity index (χ0) is 20.7. The number of carbonyl (C=O) groups excluding carboxylic acids is 1. The average molecular weight is 433 g/mol. The highest BCUT2D eigenvalue weighted by atomic mass is 35.5. The first-order valence-corrected chi connectivity index (χ1v) is 10.7. The molecule has 1 amide bonds. The van der Waals surface area contributed by atoms with E-state index < -0.39 is 0 Å². The Kier molecular flexibility index (Phi) is 4.77. The topological polar surface area (TPSA) is 55.1 Å². The van der Waals surface area contributed by atoms with E-state index in [1.54, 1.807) is 29.7 Å². The van der Waals surface area contributed by atoms with E-state index in [1.165, 1.54) is 10.3 Å². The molecule has 0 fully saturated rings. The summed E-state index contributed by atoms with van der Waals surface area (Å²) in [6.45, 7) is 2.08. The van der Waals surface area contributed by atoms with E-state index in [4.69, 9.17) is 21.0 Å². The second-order valence-electron chi connectivity index (χ2n) is 7.19. The lowest BCUT2D eigenvalue weighted by Gasteiger charge is -2.05. The summed E-state index contributed by atoms with van der Waals surface area (Å²) in [5, 5.41) is 5.39. The van der Waals surface area contributed by atoms with Crippen LogP contribution in [-0.2, 0) is 11.2 Å². The van der Waals surface area contributed by atoms with Crippen LogP contribution in [-0.4, -0.2) is 10.9 Å². The standard InChI is InChI=1S/C24H17ClN2O2S/c1-14-2-8-20-22(10-14)30-24(27-20)15-3-6-18(7-4-15)26-23(28)11-16-13-29-21-9-5-17(25)12-19(16)21/h2-10,12-13H,11H2,1H3,(H,26,28). The molecule has 0 aliphatic heterocycles. The lowest BCUT2D eigenvalue weighted by atomic mass is 10.1.